The number of hydrogen-bond donors (Lipinski definition) is 2. The van der Waals surface area contributed by atoms with Crippen LogP contribution in [-0.4, -0.2) is 18.9 Å². The van der Waals surface area contributed by atoms with Crippen LogP contribution in [0.1, 0.15) is 38.8 Å². The van der Waals surface area contributed by atoms with E-state index in [4.69, 9.17) is 0 Å². The maximum Gasteiger partial charge on any atom is 0.256 e. The van der Waals surface area contributed by atoms with E-state index in [1.807, 2.05) is 19.1 Å². The summed E-state index contributed by atoms with van der Waals surface area (Å²) in [7, 11) is 1.65. The topological polar surface area (TPSA) is 53.5 Å². The van der Waals surface area contributed by atoms with Gasteiger partial charge in [0.1, 0.15) is 5.54 Å². The molecule has 1 heterocycles. The zero-order valence-electron chi connectivity index (χ0n) is 12.2. The smallest absolute Gasteiger partial charge is 0.256 e. The molecule has 0 saturated carbocycles. The van der Waals surface area contributed by atoms with Crippen LogP contribution in [0.3, 0.4) is 0 Å². The summed E-state index contributed by atoms with van der Waals surface area (Å²) in [6, 6.07) is 8.17. The Bertz CT molecular complexity index is 525. The first-order valence-electron chi connectivity index (χ1n) is 6.45. The number of aliphatic imine (C=N–C) groups is 1. The molecule has 1 atom stereocenters. The van der Waals surface area contributed by atoms with E-state index >= 15 is 0 Å². The molecule has 0 spiro atoms. The molecule has 1 aromatic rings. The summed E-state index contributed by atoms with van der Waals surface area (Å²) < 4.78 is 0. The molecule has 2 rings (SSSR count). The summed E-state index contributed by atoms with van der Waals surface area (Å²) in [5.74, 6) is 0.448. The number of hydrogen-bond acceptors (Lipinski definition) is 2. The molecule has 1 aliphatic heterocycles. The van der Waals surface area contributed by atoms with Gasteiger partial charge in [0.15, 0.2) is 5.96 Å². The molecular weight excluding hydrogens is 238 g/mol. The minimum atomic E-state index is -0.745. The number of nitrogens with one attached hydrogen (secondary N) is 2. The number of rotatable bonds is 1. The number of benzene rings is 1. The van der Waals surface area contributed by atoms with Gasteiger partial charge in [-0.3, -0.25) is 15.1 Å². The summed E-state index contributed by atoms with van der Waals surface area (Å²) in [5, 5.41) is 5.87. The minimum absolute atomic E-state index is 0.0726. The number of nitrogens with zero attached hydrogens (tertiary/aromatic N) is 1. The fraction of sp³-hybridized carbons (Fsp3) is 0.467. The van der Waals surface area contributed by atoms with Gasteiger partial charge in [-0.2, -0.15) is 0 Å². The quantitative estimate of drug-likeness (QED) is 0.809. The summed E-state index contributed by atoms with van der Waals surface area (Å²) in [6.07, 6.45) is 0. The van der Waals surface area contributed by atoms with Crippen molar-refractivity contribution in [1.29, 1.82) is 0 Å². The van der Waals surface area contributed by atoms with E-state index < -0.39 is 5.54 Å². The third kappa shape index (κ3) is 2.35. The molecule has 4 nitrogen and oxygen atoms in total. The summed E-state index contributed by atoms with van der Waals surface area (Å²) >= 11 is 0. The molecule has 1 unspecified atom stereocenters. The fourth-order valence-corrected chi connectivity index (χ4v) is 2.18. The molecule has 1 aromatic carbocycles. The first-order chi connectivity index (χ1) is 8.77. The van der Waals surface area contributed by atoms with Crippen LogP contribution in [0.4, 0.5) is 0 Å². The Kier molecular flexibility index (Phi) is 3.12. The molecule has 0 aliphatic carbocycles. The SMILES string of the molecule is CN=C1NC(=O)C(C)(c2ccc(C(C)(C)C)cc2)N1. The normalized spacial score (nSPS) is 25.3. The van der Waals surface area contributed by atoms with Crippen molar-refractivity contribution in [3.8, 4) is 0 Å². The van der Waals surface area contributed by atoms with E-state index in [-0.39, 0.29) is 11.3 Å². The van der Waals surface area contributed by atoms with E-state index in [0.29, 0.717) is 5.96 Å². The third-order valence-corrected chi connectivity index (χ3v) is 3.61. The van der Waals surface area contributed by atoms with Crippen molar-refractivity contribution in [1.82, 2.24) is 10.6 Å². The largest absolute Gasteiger partial charge is 0.338 e. The van der Waals surface area contributed by atoms with Crippen molar-refractivity contribution >= 4 is 11.9 Å². The Morgan fingerprint density at radius 2 is 1.74 bits per heavy atom. The maximum atomic E-state index is 12.1. The highest BCUT2D eigenvalue weighted by Crippen LogP contribution is 2.28. The van der Waals surface area contributed by atoms with Gasteiger partial charge in [-0.1, -0.05) is 45.0 Å². The Hall–Kier alpha value is -1.84. The molecule has 1 saturated heterocycles. The van der Waals surface area contributed by atoms with Gasteiger partial charge in [0, 0.05) is 7.05 Å². The average Bonchev–Trinajstić information content (AvgIpc) is 2.65. The Labute approximate surface area is 114 Å². The van der Waals surface area contributed by atoms with Crippen LogP contribution in [0.5, 0.6) is 0 Å². The van der Waals surface area contributed by atoms with Gasteiger partial charge in [0.2, 0.25) is 0 Å². The first-order valence-corrected chi connectivity index (χ1v) is 6.45. The minimum Gasteiger partial charge on any atom is -0.338 e. The van der Waals surface area contributed by atoms with Gasteiger partial charge in [0.05, 0.1) is 0 Å². The van der Waals surface area contributed by atoms with Gasteiger partial charge < -0.3 is 5.32 Å². The van der Waals surface area contributed by atoms with Crippen LogP contribution in [0, 0.1) is 0 Å². The molecule has 1 aliphatic rings. The van der Waals surface area contributed by atoms with Crippen molar-refractivity contribution in [2.45, 2.75) is 38.6 Å². The lowest BCUT2D eigenvalue weighted by Crippen LogP contribution is -2.40. The monoisotopic (exact) mass is 259 g/mol. The standard InChI is InChI=1S/C15H21N3O/c1-14(2,3)10-6-8-11(9-7-10)15(4)12(19)17-13(16-5)18-15/h6-9H,1-5H3,(H2,16,17,18,19). The Balaban J connectivity index is 2.35. The van der Waals surface area contributed by atoms with Crippen LogP contribution in [0.25, 0.3) is 0 Å². The molecule has 0 aromatic heterocycles. The van der Waals surface area contributed by atoms with Crippen molar-refractivity contribution in [2.24, 2.45) is 4.99 Å². The first kappa shape index (κ1) is 13.6. The van der Waals surface area contributed by atoms with Crippen molar-refractivity contribution in [3.63, 3.8) is 0 Å². The molecule has 1 fully saturated rings. The Morgan fingerprint density at radius 1 is 1.16 bits per heavy atom. The Morgan fingerprint density at radius 3 is 2.16 bits per heavy atom. The third-order valence-electron chi connectivity index (χ3n) is 3.61. The fourth-order valence-electron chi connectivity index (χ4n) is 2.18. The summed E-state index contributed by atoms with van der Waals surface area (Å²) in [4.78, 5) is 16.1. The van der Waals surface area contributed by atoms with Gasteiger partial charge in [-0.05, 0) is 23.5 Å². The highest BCUT2D eigenvalue weighted by molar-refractivity contribution is 6.09. The van der Waals surface area contributed by atoms with Gasteiger partial charge in [-0.15, -0.1) is 0 Å². The molecule has 1 amide bonds. The van der Waals surface area contributed by atoms with Crippen molar-refractivity contribution in [2.75, 3.05) is 7.05 Å². The predicted molar refractivity (Wildman–Crippen MR) is 77.1 cm³/mol. The van der Waals surface area contributed by atoms with Gasteiger partial charge >= 0.3 is 0 Å². The van der Waals surface area contributed by atoms with Crippen LogP contribution < -0.4 is 10.6 Å². The number of carbonyl (C=O) groups is 1. The summed E-state index contributed by atoms with van der Waals surface area (Å²) in [6.45, 7) is 8.39. The average molecular weight is 259 g/mol. The summed E-state index contributed by atoms with van der Waals surface area (Å²) in [5.41, 5.74) is 1.56. The lowest BCUT2D eigenvalue weighted by molar-refractivity contribution is -0.123. The van der Waals surface area contributed by atoms with Crippen LogP contribution in [-0.2, 0) is 15.7 Å². The predicted octanol–water partition coefficient (Wildman–Crippen LogP) is 1.90. The van der Waals surface area contributed by atoms with E-state index in [1.54, 1.807) is 7.05 Å². The van der Waals surface area contributed by atoms with Gasteiger partial charge in [0.25, 0.3) is 5.91 Å². The zero-order valence-corrected chi connectivity index (χ0v) is 12.2. The molecule has 19 heavy (non-hydrogen) atoms. The van der Waals surface area contributed by atoms with E-state index in [9.17, 15) is 4.79 Å². The maximum absolute atomic E-state index is 12.1. The molecule has 2 N–H and O–H groups in total. The molecule has 4 heteroatoms. The molecule has 102 valence electrons. The second kappa shape index (κ2) is 4.37. The van der Waals surface area contributed by atoms with E-state index in [2.05, 4.69) is 48.5 Å². The lowest BCUT2D eigenvalue weighted by atomic mass is 9.84. The van der Waals surface area contributed by atoms with Gasteiger partial charge in [-0.25, -0.2) is 0 Å². The van der Waals surface area contributed by atoms with E-state index in [1.165, 1.54) is 5.56 Å². The van der Waals surface area contributed by atoms with Crippen LogP contribution >= 0.6 is 0 Å². The molecular formula is C15H21N3O. The second-order valence-corrected chi connectivity index (χ2v) is 6.10. The molecule has 0 bridgehead atoms. The van der Waals surface area contributed by atoms with Crippen molar-refractivity contribution in [3.05, 3.63) is 35.4 Å². The lowest BCUT2D eigenvalue weighted by Gasteiger charge is -2.24. The highest BCUT2D eigenvalue weighted by atomic mass is 16.2. The van der Waals surface area contributed by atoms with Crippen LogP contribution in [0.15, 0.2) is 29.3 Å². The number of amides is 1. The van der Waals surface area contributed by atoms with Crippen molar-refractivity contribution < 1.29 is 4.79 Å². The van der Waals surface area contributed by atoms with E-state index in [0.717, 1.165) is 5.56 Å². The molecule has 0 radical (unpaired) electrons. The highest BCUT2D eigenvalue weighted by Gasteiger charge is 2.42. The second-order valence-electron chi connectivity index (χ2n) is 6.10. The zero-order chi connectivity index (χ0) is 14.3. The number of carbonyl (C=O) groups excluding carboxylic acids is 1. The number of guanidine groups is 1. The van der Waals surface area contributed by atoms with Crippen LogP contribution in [0.2, 0.25) is 0 Å².